The van der Waals surface area contributed by atoms with Crippen LogP contribution in [0.25, 0.3) is 0 Å². The van der Waals surface area contributed by atoms with Crippen LogP contribution in [-0.2, 0) is 6.42 Å². The summed E-state index contributed by atoms with van der Waals surface area (Å²) in [7, 11) is 1.79. The zero-order chi connectivity index (χ0) is 14.5. The molecule has 0 aromatic carbocycles. The van der Waals surface area contributed by atoms with E-state index in [0.29, 0.717) is 12.1 Å². The number of likely N-dealkylation sites (N-methyl/N-ethyl adjacent to an activating group) is 1. The fourth-order valence-electron chi connectivity index (χ4n) is 1.71. The second-order valence-corrected chi connectivity index (χ2v) is 6.28. The maximum absolute atomic E-state index is 12.3. The molecular weight excluding hydrogens is 292 g/mol. The molecule has 2 aromatic heterocycles. The van der Waals surface area contributed by atoms with E-state index in [2.05, 4.69) is 15.0 Å². The molecule has 2 heterocycles. The van der Waals surface area contributed by atoms with Crippen molar-refractivity contribution in [2.75, 3.05) is 13.3 Å². The number of hydrogen-bond acceptors (Lipinski definition) is 6. The molecule has 0 saturated carbocycles. The van der Waals surface area contributed by atoms with Crippen molar-refractivity contribution < 1.29 is 4.79 Å². The van der Waals surface area contributed by atoms with E-state index in [1.165, 1.54) is 11.3 Å². The number of nitrogens with zero attached hydrogens (tertiary/aromatic N) is 4. The lowest BCUT2D eigenvalue weighted by atomic mass is 10.1. The first-order valence-corrected chi connectivity index (χ1v) is 8.23. The summed E-state index contributed by atoms with van der Waals surface area (Å²) in [6, 6.07) is 0.0404. The van der Waals surface area contributed by atoms with Gasteiger partial charge in [-0.3, -0.25) is 14.8 Å². The van der Waals surface area contributed by atoms with Gasteiger partial charge < -0.3 is 4.90 Å². The lowest BCUT2D eigenvalue weighted by Gasteiger charge is -2.23. The molecule has 0 saturated heterocycles. The Morgan fingerprint density at radius 2 is 2.30 bits per heavy atom. The summed E-state index contributed by atoms with van der Waals surface area (Å²) in [5.74, 6) is -0.0575. The molecule has 0 aliphatic carbocycles. The van der Waals surface area contributed by atoms with Gasteiger partial charge in [-0.2, -0.15) is 0 Å². The van der Waals surface area contributed by atoms with Gasteiger partial charge in [0.1, 0.15) is 10.0 Å². The summed E-state index contributed by atoms with van der Waals surface area (Å²) >= 11 is 3.04. The standard InChI is InChI=1S/C13H16N4OS2/c1-9(6-10-7-14-4-5-15-10)17(2)12(18)11-8-20-13(16-11)19-3/h4-5,7-9H,6H2,1-3H3. The number of thioether (sulfide) groups is 1. The van der Waals surface area contributed by atoms with Crippen LogP contribution in [0.4, 0.5) is 0 Å². The molecule has 0 aliphatic rings. The van der Waals surface area contributed by atoms with Crippen molar-refractivity contribution in [1.29, 1.82) is 0 Å². The number of carbonyl (C=O) groups excluding carboxylic acids is 1. The van der Waals surface area contributed by atoms with Crippen LogP contribution < -0.4 is 0 Å². The number of rotatable bonds is 5. The third kappa shape index (κ3) is 3.55. The Morgan fingerprint density at radius 3 is 2.90 bits per heavy atom. The number of carbonyl (C=O) groups is 1. The van der Waals surface area contributed by atoms with Crippen molar-refractivity contribution >= 4 is 29.0 Å². The predicted molar refractivity (Wildman–Crippen MR) is 81.2 cm³/mol. The average Bonchev–Trinajstić information content (AvgIpc) is 2.95. The Balaban J connectivity index is 2.02. The molecular formula is C13H16N4OS2. The minimum atomic E-state index is -0.0575. The Labute approximate surface area is 126 Å². The molecule has 0 radical (unpaired) electrons. The first-order valence-electron chi connectivity index (χ1n) is 6.13. The highest BCUT2D eigenvalue weighted by Gasteiger charge is 2.20. The van der Waals surface area contributed by atoms with Gasteiger partial charge in [-0.15, -0.1) is 11.3 Å². The molecule has 106 valence electrons. The highest BCUT2D eigenvalue weighted by atomic mass is 32.2. The molecule has 1 unspecified atom stereocenters. The number of aromatic nitrogens is 3. The molecule has 0 aliphatic heterocycles. The fourth-order valence-corrected chi connectivity index (χ4v) is 2.94. The van der Waals surface area contributed by atoms with Gasteiger partial charge in [-0.25, -0.2) is 4.98 Å². The van der Waals surface area contributed by atoms with Crippen LogP contribution in [-0.4, -0.2) is 45.1 Å². The highest BCUT2D eigenvalue weighted by Crippen LogP contribution is 2.21. The summed E-state index contributed by atoms with van der Waals surface area (Å²) in [6.07, 6.45) is 7.66. The highest BCUT2D eigenvalue weighted by molar-refractivity contribution is 8.00. The van der Waals surface area contributed by atoms with Gasteiger partial charge in [-0.1, -0.05) is 11.8 Å². The first-order chi connectivity index (χ1) is 9.61. The lowest BCUT2D eigenvalue weighted by molar-refractivity contribution is 0.0737. The van der Waals surface area contributed by atoms with E-state index in [9.17, 15) is 4.79 Å². The largest absolute Gasteiger partial charge is 0.337 e. The summed E-state index contributed by atoms with van der Waals surface area (Å²) < 4.78 is 0.906. The Morgan fingerprint density at radius 1 is 1.50 bits per heavy atom. The molecule has 5 nitrogen and oxygen atoms in total. The maximum Gasteiger partial charge on any atom is 0.273 e. The van der Waals surface area contributed by atoms with Crippen LogP contribution in [0, 0.1) is 0 Å². The normalized spacial score (nSPS) is 12.2. The molecule has 1 amide bonds. The van der Waals surface area contributed by atoms with Crippen molar-refractivity contribution in [2.45, 2.75) is 23.7 Å². The molecule has 0 bridgehead atoms. The summed E-state index contributed by atoms with van der Waals surface area (Å²) in [4.78, 5) is 26.6. The van der Waals surface area contributed by atoms with Crippen molar-refractivity contribution in [3.05, 3.63) is 35.4 Å². The van der Waals surface area contributed by atoms with Crippen molar-refractivity contribution in [2.24, 2.45) is 0 Å². The smallest absolute Gasteiger partial charge is 0.273 e. The average molecular weight is 308 g/mol. The topological polar surface area (TPSA) is 59.0 Å². The van der Waals surface area contributed by atoms with E-state index in [0.717, 1.165) is 10.0 Å². The van der Waals surface area contributed by atoms with E-state index in [1.807, 2.05) is 13.2 Å². The number of thiazole rings is 1. The fraction of sp³-hybridized carbons (Fsp3) is 0.385. The zero-order valence-corrected chi connectivity index (χ0v) is 13.2. The lowest BCUT2D eigenvalue weighted by Crippen LogP contribution is -2.36. The molecule has 0 fully saturated rings. The van der Waals surface area contributed by atoms with Crippen LogP contribution in [0.2, 0.25) is 0 Å². The Hall–Kier alpha value is -1.47. The number of amides is 1. The first kappa shape index (κ1) is 14.9. The molecule has 2 aromatic rings. The van der Waals surface area contributed by atoms with Crippen LogP contribution in [0.3, 0.4) is 0 Å². The monoisotopic (exact) mass is 308 g/mol. The van der Waals surface area contributed by atoms with Gasteiger partial charge in [0.25, 0.3) is 5.91 Å². The Bertz CT molecular complexity index is 573. The van der Waals surface area contributed by atoms with Gasteiger partial charge in [0, 0.05) is 43.5 Å². The maximum atomic E-state index is 12.3. The van der Waals surface area contributed by atoms with Crippen LogP contribution in [0.15, 0.2) is 28.3 Å². The molecule has 0 N–H and O–H groups in total. The SMILES string of the molecule is CSc1nc(C(=O)N(C)C(C)Cc2cnccn2)cs1. The van der Waals surface area contributed by atoms with Crippen LogP contribution in [0.1, 0.15) is 23.1 Å². The van der Waals surface area contributed by atoms with Crippen LogP contribution >= 0.6 is 23.1 Å². The quantitative estimate of drug-likeness (QED) is 0.794. The minimum absolute atomic E-state index is 0.0404. The minimum Gasteiger partial charge on any atom is -0.337 e. The molecule has 2 rings (SSSR count). The second-order valence-electron chi connectivity index (χ2n) is 4.37. The van der Waals surface area contributed by atoms with E-state index < -0.39 is 0 Å². The van der Waals surface area contributed by atoms with Crippen molar-refractivity contribution in [3.8, 4) is 0 Å². The van der Waals surface area contributed by atoms with E-state index in [1.54, 1.807) is 47.7 Å². The van der Waals surface area contributed by atoms with Crippen molar-refractivity contribution in [3.63, 3.8) is 0 Å². The van der Waals surface area contributed by atoms with E-state index >= 15 is 0 Å². The predicted octanol–water partition coefficient (Wildman–Crippen LogP) is 2.36. The number of hydrogen-bond donors (Lipinski definition) is 0. The third-order valence-electron chi connectivity index (χ3n) is 2.98. The molecule has 1 atom stereocenters. The Kier molecular flexibility index (Phi) is 5.08. The summed E-state index contributed by atoms with van der Waals surface area (Å²) in [6.45, 7) is 1.99. The second kappa shape index (κ2) is 6.81. The third-order valence-corrected chi connectivity index (χ3v) is 4.84. The molecule has 0 spiro atoms. The van der Waals surface area contributed by atoms with E-state index in [-0.39, 0.29) is 11.9 Å². The van der Waals surface area contributed by atoms with Gasteiger partial charge in [0.2, 0.25) is 0 Å². The van der Waals surface area contributed by atoms with Crippen molar-refractivity contribution in [1.82, 2.24) is 19.9 Å². The zero-order valence-electron chi connectivity index (χ0n) is 11.6. The summed E-state index contributed by atoms with van der Waals surface area (Å²) in [5.41, 5.74) is 1.38. The van der Waals surface area contributed by atoms with Gasteiger partial charge in [-0.05, 0) is 13.2 Å². The summed E-state index contributed by atoms with van der Waals surface area (Å²) in [5, 5.41) is 1.81. The van der Waals surface area contributed by atoms with Crippen LogP contribution in [0.5, 0.6) is 0 Å². The van der Waals surface area contributed by atoms with Gasteiger partial charge in [0.05, 0.1) is 5.69 Å². The van der Waals surface area contributed by atoms with Gasteiger partial charge in [0.15, 0.2) is 0 Å². The van der Waals surface area contributed by atoms with E-state index in [4.69, 9.17) is 0 Å². The molecule has 7 heteroatoms. The molecule has 20 heavy (non-hydrogen) atoms. The van der Waals surface area contributed by atoms with Gasteiger partial charge >= 0.3 is 0 Å².